The van der Waals surface area contributed by atoms with Gasteiger partial charge in [-0.25, -0.2) is 4.39 Å². The number of carbonyl (C=O) groups excluding carboxylic acids is 2. The molecule has 0 saturated heterocycles. The van der Waals surface area contributed by atoms with Crippen molar-refractivity contribution >= 4 is 11.8 Å². The van der Waals surface area contributed by atoms with Gasteiger partial charge in [0, 0.05) is 19.5 Å². The third-order valence-electron chi connectivity index (χ3n) is 6.96. The molecule has 2 amide bonds. The van der Waals surface area contributed by atoms with Crippen molar-refractivity contribution in [2.75, 3.05) is 6.54 Å². The van der Waals surface area contributed by atoms with Crippen LogP contribution in [0.15, 0.2) is 66.7 Å². The first kappa shape index (κ1) is 27.4. The Bertz CT molecular complexity index is 1250. The Morgan fingerprint density at radius 2 is 1.76 bits per heavy atom. The monoisotopic (exact) mass is 516 g/mol. The molecular weight excluding hydrogens is 479 g/mol. The lowest BCUT2D eigenvalue weighted by atomic mass is 9.87. The number of aryl methyl sites for hydroxylation is 1. The summed E-state index contributed by atoms with van der Waals surface area (Å²) in [5.41, 5.74) is 5.27. The maximum atomic E-state index is 13.3. The Labute approximate surface area is 225 Å². The van der Waals surface area contributed by atoms with E-state index in [-0.39, 0.29) is 29.6 Å². The Morgan fingerprint density at radius 1 is 1.05 bits per heavy atom. The van der Waals surface area contributed by atoms with E-state index in [0.717, 1.165) is 23.1 Å². The zero-order valence-electron chi connectivity index (χ0n) is 22.7. The van der Waals surface area contributed by atoms with Gasteiger partial charge in [-0.15, -0.1) is 0 Å². The van der Waals surface area contributed by atoms with Crippen LogP contribution in [0.1, 0.15) is 67.5 Å². The number of ether oxygens (including phenoxy) is 1. The summed E-state index contributed by atoms with van der Waals surface area (Å²) in [6, 6.07) is 20.1. The number of nitrogens with one attached hydrogen (secondary N) is 1. The van der Waals surface area contributed by atoms with Crippen LogP contribution in [0, 0.1) is 18.7 Å². The molecule has 6 heteroatoms. The fourth-order valence-electron chi connectivity index (χ4n) is 4.90. The second-order valence-corrected chi connectivity index (χ2v) is 10.5. The van der Waals surface area contributed by atoms with Crippen molar-refractivity contribution < 1.29 is 18.7 Å². The molecule has 1 aliphatic heterocycles. The normalized spacial score (nSPS) is 15.6. The smallest absolute Gasteiger partial charge is 0.261 e. The largest absolute Gasteiger partial charge is 0.481 e. The highest BCUT2D eigenvalue weighted by atomic mass is 19.1. The van der Waals surface area contributed by atoms with Crippen LogP contribution in [0.4, 0.5) is 4.39 Å². The van der Waals surface area contributed by atoms with E-state index in [9.17, 15) is 14.0 Å². The van der Waals surface area contributed by atoms with Crippen molar-refractivity contribution in [1.29, 1.82) is 0 Å². The molecule has 0 radical (unpaired) electrons. The zero-order valence-corrected chi connectivity index (χ0v) is 22.7. The first-order chi connectivity index (χ1) is 18.2. The molecule has 4 rings (SSSR count). The molecule has 0 aliphatic carbocycles. The minimum absolute atomic E-state index is 0.147. The van der Waals surface area contributed by atoms with Crippen LogP contribution in [0.3, 0.4) is 0 Å². The highest BCUT2D eigenvalue weighted by Gasteiger charge is 2.33. The molecule has 1 aliphatic rings. The predicted molar refractivity (Wildman–Crippen MR) is 147 cm³/mol. The number of amides is 2. The van der Waals surface area contributed by atoms with Crippen molar-refractivity contribution in [1.82, 2.24) is 10.2 Å². The molecule has 0 aromatic heterocycles. The molecule has 3 aromatic rings. The maximum Gasteiger partial charge on any atom is 0.261 e. The van der Waals surface area contributed by atoms with Crippen LogP contribution >= 0.6 is 0 Å². The number of rotatable bonds is 9. The molecule has 38 heavy (non-hydrogen) atoms. The first-order valence-corrected chi connectivity index (χ1v) is 13.4. The van der Waals surface area contributed by atoms with Crippen LogP contribution in [0.5, 0.6) is 5.75 Å². The zero-order chi connectivity index (χ0) is 27.2. The molecule has 1 N–H and O–H groups in total. The summed E-state index contributed by atoms with van der Waals surface area (Å²) in [6.07, 6.45) is 1.10. The van der Waals surface area contributed by atoms with Gasteiger partial charge in [0.25, 0.3) is 5.91 Å². The molecule has 5 nitrogen and oxygen atoms in total. The molecular formula is C32H37FN2O3. The van der Waals surface area contributed by atoms with E-state index in [1.807, 2.05) is 24.0 Å². The lowest BCUT2D eigenvalue weighted by Crippen LogP contribution is -2.41. The summed E-state index contributed by atoms with van der Waals surface area (Å²) < 4.78 is 19.4. The van der Waals surface area contributed by atoms with Crippen LogP contribution in [0.2, 0.25) is 0 Å². The molecule has 2 atom stereocenters. The molecule has 200 valence electrons. The third kappa shape index (κ3) is 6.60. The molecule has 0 fully saturated rings. The summed E-state index contributed by atoms with van der Waals surface area (Å²) in [6.45, 7) is 9.05. The summed E-state index contributed by atoms with van der Waals surface area (Å²) in [5.74, 6) is 0.488. The lowest BCUT2D eigenvalue weighted by Gasteiger charge is -2.38. The van der Waals surface area contributed by atoms with E-state index >= 15 is 0 Å². The van der Waals surface area contributed by atoms with Crippen molar-refractivity contribution in [3.8, 4) is 5.75 Å². The number of benzene rings is 3. The van der Waals surface area contributed by atoms with E-state index < -0.39 is 6.10 Å². The SMILES string of the molecule is CC[C@@H](Oc1ccc2c(c1)[C@@H](c1ccc(C)cc1)N(C(=O)CC(C)C)CC2)C(=O)NCc1ccc(F)cc1. The van der Waals surface area contributed by atoms with Gasteiger partial charge in [0.05, 0.1) is 6.04 Å². The van der Waals surface area contributed by atoms with E-state index in [4.69, 9.17) is 4.74 Å². The highest BCUT2D eigenvalue weighted by molar-refractivity contribution is 5.81. The average Bonchev–Trinajstić information content (AvgIpc) is 2.90. The number of nitrogens with zero attached hydrogens (tertiary/aromatic N) is 1. The van der Waals surface area contributed by atoms with Gasteiger partial charge in [0.15, 0.2) is 6.10 Å². The summed E-state index contributed by atoms with van der Waals surface area (Å²) in [4.78, 5) is 28.2. The van der Waals surface area contributed by atoms with E-state index in [2.05, 4.69) is 56.4 Å². The van der Waals surface area contributed by atoms with Crippen molar-refractivity contribution in [2.45, 2.75) is 65.6 Å². The lowest BCUT2D eigenvalue weighted by molar-refractivity contribution is -0.134. The molecule has 0 saturated carbocycles. The molecule has 0 bridgehead atoms. The van der Waals surface area contributed by atoms with Gasteiger partial charge in [-0.1, -0.05) is 68.8 Å². The fraction of sp³-hybridized carbons (Fsp3) is 0.375. The van der Waals surface area contributed by atoms with Gasteiger partial charge in [-0.05, 0) is 72.2 Å². The molecule has 0 unspecified atom stereocenters. The molecule has 3 aromatic carbocycles. The van der Waals surface area contributed by atoms with Gasteiger partial charge in [0.2, 0.25) is 5.91 Å². The first-order valence-electron chi connectivity index (χ1n) is 13.4. The van der Waals surface area contributed by atoms with E-state index in [1.54, 1.807) is 12.1 Å². The molecule has 1 heterocycles. The second kappa shape index (κ2) is 12.2. The Hall–Kier alpha value is -3.67. The number of carbonyl (C=O) groups is 2. The van der Waals surface area contributed by atoms with Crippen LogP contribution in [-0.4, -0.2) is 29.4 Å². The van der Waals surface area contributed by atoms with Crippen molar-refractivity contribution in [3.05, 3.63) is 100 Å². The minimum Gasteiger partial charge on any atom is -0.481 e. The maximum absolute atomic E-state index is 13.3. The Kier molecular flexibility index (Phi) is 8.82. The minimum atomic E-state index is -0.673. The summed E-state index contributed by atoms with van der Waals surface area (Å²) >= 11 is 0. The van der Waals surface area contributed by atoms with E-state index in [0.29, 0.717) is 31.7 Å². The van der Waals surface area contributed by atoms with Crippen LogP contribution in [0.25, 0.3) is 0 Å². The standard InChI is InChI=1S/C32H37FN2O3/c1-5-29(32(37)34-20-23-8-13-26(33)14-9-23)38-27-15-12-24-16-17-35(30(36)18-21(2)3)31(28(24)19-27)25-10-6-22(4)7-11-25/h6-15,19,21,29,31H,5,16-18,20H2,1-4H3,(H,34,37)/t29-,31-/m1/s1. The second-order valence-electron chi connectivity index (χ2n) is 10.5. The van der Waals surface area contributed by atoms with Gasteiger partial charge in [-0.2, -0.15) is 0 Å². The van der Waals surface area contributed by atoms with Crippen LogP contribution < -0.4 is 10.1 Å². The topological polar surface area (TPSA) is 58.6 Å². The fourth-order valence-corrected chi connectivity index (χ4v) is 4.90. The number of hydrogen-bond acceptors (Lipinski definition) is 3. The summed E-state index contributed by atoms with van der Waals surface area (Å²) in [5, 5.41) is 2.89. The predicted octanol–water partition coefficient (Wildman–Crippen LogP) is 6.13. The van der Waals surface area contributed by atoms with Gasteiger partial charge in [-0.3, -0.25) is 9.59 Å². The average molecular weight is 517 g/mol. The van der Waals surface area contributed by atoms with Crippen molar-refractivity contribution in [2.24, 2.45) is 5.92 Å². The third-order valence-corrected chi connectivity index (χ3v) is 6.96. The van der Waals surface area contributed by atoms with Gasteiger partial charge < -0.3 is 15.0 Å². The number of halogens is 1. The Balaban J connectivity index is 1.57. The highest BCUT2D eigenvalue weighted by Crippen LogP contribution is 2.38. The van der Waals surface area contributed by atoms with Gasteiger partial charge in [0.1, 0.15) is 11.6 Å². The van der Waals surface area contributed by atoms with Crippen LogP contribution in [-0.2, 0) is 22.6 Å². The van der Waals surface area contributed by atoms with Gasteiger partial charge >= 0.3 is 0 Å². The molecule has 0 spiro atoms. The van der Waals surface area contributed by atoms with Crippen molar-refractivity contribution in [3.63, 3.8) is 0 Å². The summed E-state index contributed by atoms with van der Waals surface area (Å²) in [7, 11) is 0. The Morgan fingerprint density at radius 3 is 2.42 bits per heavy atom. The number of fused-ring (bicyclic) bond motifs is 1. The quantitative estimate of drug-likeness (QED) is 0.372. The number of hydrogen-bond donors (Lipinski definition) is 1. The van der Waals surface area contributed by atoms with E-state index in [1.165, 1.54) is 23.3 Å².